The zero-order chi connectivity index (χ0) is 13.0. The number of nitrogens with two attached hydrogens (primary N) is 1. The summed E-state index contributed by atoms with van der Waals surface area (Å²) in [6.45, 7) is 3.40. The van der Waals surface area contributed by atoms with Crippen molar-refractivity contribution in [2.45, 2.75) is 20.0 Å². The number of nitrogens with one attached hydrogen (secondary N) is 2. The zero-order valence-electron chi connectivity index (χ0n) is 10.4. The lowest BCUT2D eigenvalue weighted by atomic mass is 10.5. The third-order valence-corrected chi connectivity index (χ3v) is 2.46. The maximum absolute atomic E-state index is 5.60. The Balaban J connectivity index is 2.08. The van der Waals surface area contributed by atoms with E-state index in [4.69, 9.17) is 5.73 Å². The highest BCUT2D eigenvalue weighted by Crippen LogP contribution is 2.12. The first-order valence-electron chi connectivity index (χ1n) is 5.65. The van der Waals surface area contributed by atoms with Gasteiger partial charge < -0.3 is 20.9 Å². The average Bonchev–Trinajstić information content (AvgIpc) is 2.83. The van der Waals surface area contributed by atoms with Gasteiger partial charge in [-0.2, -0.15) is 9.97 Å². The number of anilines is 3. The van der Waals surface area contributed by atoms with Crippen LogP contribution in [0.1, 0.15) is 12.7 Å². The van der Waals surface area contributed by atoms with Gasteiger partial charge in [-0.1, -0.05) is 0 Å². The van der Waals surface area contributed by atoms with E-state index in [1.807, 2.05) is 11.5 Å². The van der Waals surface area contributed by atoms with E-state index in [0.717, 1.165) is 12.4 Å². The molecule has 8 heteroatoms. The first kappa shape index (κ1) is 12.1. The van der Waals surface area contributed by atoms with Crippen LogP contribution in [0.5, 0.6) is 0 Å². The van der Waals surface area contributed by atoms with E-state index in [1.165, 1.54) is 0 Å². The lowest BCUT2D eigenvalue weighted by Gasteiger charge is -2.08. The third-order valence-electron chi connectivity index (χ3n) is 2.46. The number of aryl methyl sites for hydroxylation is 1. The monoisotopic (exact) mass is 248 g/mol. The predicted molar refractivity (Wildman–Crippen MR) is 69.0 cm³/mol. The SMILES string of the molecule is CCn1cnnc1CNc1cc(NC)nc(N)n1. The number of rotatable bonds is 5. The topological polar surface area (TPSA) is 107 Å². The molecule has 2 aromatic heterocycles. The lowest BCUT2D eigenvalue weighted by molar-refractivity contribution is 0.707. The first-order chi connectivity index (χ1) is 8.72. The molecule has 0 bridgehead atoms. The van der Waals surface area contributed by atoms with Gasteiger partial charge in [0.1, 0.15) is 18.0 Å². The van der Waals surface area contributed by atoms with Crippen molar-refractivity contribution in [3.05, 3.63) is 18.2 Å². The number of aromatic nitrogens is 5. The van der Waals surface area contributed by atoms with Gasteiger partial charge in [-0.25, -0.2) is 0 Å². The standard InChI is InChI=1S/C10H16N8/c1-3-18-6-14-17-9(18)5-13-8-4-7(12-2)15-10(11)16-8/h4,6H,3,5H2,1-2H3,(H4,11,12,13,15,16). The molecule has 0 aliphatic carbocycles. The fourth-order valence-electron chi connectivity index (χ4n) is 1.53. The second-order valence-electron chi connectivity index (χ2n) is 3.63. The van der Waals surface area contributed by atoms with Crippen LogP contribution in [-0.2, 0) is 13.1 Å². The molecule has 0 saturated carbocycles. The van der Waals surface area contributed by atoms with Crippen LogP contribution < -0.4 is 16.4 Å². The van der Waals surface area contributed by atoms with Crippen LogP contribution in [0.15, 0.2) is 12.4 Å². The molecule has 0 spiro atoms. The second kappa shape index (κ2) is 5.30. The van der Waals surface area contributed by atoms with Gasteiger partial charge in [0.25, 0.3) is 0 Å². The van der Waals surface area contributed by atoms with E-state index < -0.39 is 0 Å². The third kappa shape index (κ3) is 2.65. The molecule has 0 aliphatic rings. The van der Waals surface area contributed by atoms with Crippen molar-refractivity contribution in [2.24, 2.45) is 0 Å². The highest BCUT2D eigenvalue weighted by molar-refractivity contribution is 5.50. The quantitative estimate of drug-likeness (QED) is 0.699. The number of hydrogen-bond acceptors (Lipinski definition) is 7. The summed E-state index contributed by atoms with van der Waals surface area (Å²) in [5.74, 6) is 2.39. The minimum atomic E-state index is 0.223. The molecular formula is C10H16N8. The normalized spacial score (nSPS) is 10.3. The van der Waals surface area contributed by atoms with Crippen molar-refractivity contribution in [3.8, 4) is 0 Å². The van der Waals surface area contributed by atoms with Crippen LogP contribution in [0.2, 0.25) is 0 Å². The molecule has 2 heterocycles. The van der Waals surface area contributed by atoms with Crippen LogP contribution >= 0.6 is 0 Å². The summed E-state index contributed by atoms with van der Waals surface area (Å²) in [5, 5.41) is 13.9. The second-order valence-corrected chi connectivity index (χ2v) is 3.63. The van der Waals surface area contributed by atoms with Gasteiger partial charge in [0.05, 0.1) is 6.54 Å². The minimum Gasteiger partial charge on any atom is -0.373 e. The highest BCUT2D eigenvalue weighted by Gasteiger charge is 2.04. The van der Waals surface area contributed by atoms with E-state index in [2.05, 4.69) is 30.8 Å². The Labute approximate surface area is 105 Å². The fourth-order valence-corrected chi connectivity index (χ4v) is 1.53. The van der Waals surface area contributed by atoms with Crippen molar-refractivity contribution in [2.75, 3.05) is 23.4 Å². The molecule has 2 aromatic rings. The predicted octanol–water partition coefficient (Wildman–Crippen LogP) is 0.324. The smallest absolute Gasteiger partial charge is 0.223 e. The maximum atomic E-state index is 5.60. The van der Waals surface area contributed by atoms with E-state index in [0.29, 0.717) is 18.2 Å². The van der Waals surface area contributed by atoms with E-state index in [9.17, 15) is 0 Å². The summed E-state index contributed by atoms with van der Waals surface area (Å²) < 4.78 is 1.95. The van der Waals surface area contributed by atoms with Gasteiger partial charge in [-0.05, 0) is 6.92 Å². The van der Waals surface area contributed by atoms with Gasteiger partial charge >= 0.3 is 0 Å². The Hall–Kier alpha value is -2.38. The van der Waals surface area contributed by atoms with Crippen molar-refractivity contribution < 1.29 is 0 Å². The van der Waals surface area contributed by atoms with Crippen molar-refractivity contribution in [1.29, 1.82) is 0 Å². The molecule has 96 valence electrons. The maximum Gasteiger partial charge on any atom is 0.223 e. The molecule has 0 saturated heterocycles. The number of nitrogen functional groups attached to an aromatic ring is 1. The average molecular weight is 248 g/mol. The fraction of sp³-hybridized carbons (Fsp3) is 0.400. The molecule has 0 aliphatic heterocycles. The van der Waals surface area contributed by atoms with Crippen molar-refractivity contribution >= 4 is 17.6 Å². The summed E-state index contributed by atoms with van der Waals surface area (Å²) in [7, 11) is 1.78. The number of nitrogens with zero attached hydrogens (tertiary/aromatic N) is 5. The molecule has 0 amide bonds. The van der Waals surface area contributed by atoms with Gasteiger partial charge in [0, 0.05) is 19.7 Å². The van der Waals surface area contributed by atoms with Gasteiger partial charge in [-0.3, -0.25) is 0 Å². The Morgan fingerprint density at radius 1 is 1.33 bits per heavy atom. The molecule has 0 radical (unpaired) electrons. The molecule has 4 N–H and O–H groups in total. The largest absolute Gasteiger partial charge is 0.373 e. The summed E-state index contributed by atoms with van der Waals surface area (Å²) in [6.07, 6.45) is 1.70. The van der Waals surface area contributed by atoms with Crippen LogP contribution in [0.25, 0.3) is 0 Å². The molecule has 0 fully saturated rings. The lowest BCUT2D eigenvalue weighted by Crippen LogP contribution is -2.10. The summed E-state index contributed by atoms with van der Waals surface area (Å²) in [6, 6.07) is 1.78. The minimum absolute atomic E-state index is 0.223. The number of hydrogen-bond donors (Lipinski definition) is 3. The molecule has 18 heavy (non-hydrogen) atoms. The van der Waals surface area contributed by atoms with Crippen molar-refractivity contribution in [1.82, 2.24) is 24.7 Å². The van der Waals surface area contributed by atoms with E-state index in [-0.39, 0.29) is 5.95 Å². The molecule has 2 rings (SSSR count). The molecule has 8 nitrogen and oxygen atoms in total. The molecule has 0 aromatic carbocycles. The van der Waals surface area contributed by atoms with Crippen LogP contribution in [0.3, 0.4) is 0 Å². The summed E-state index contributed by atoms with van der Waals surface area (Å²) >= 11 is 0. The van der Waals surface area contributed by atoms with Crippen LogP contribution in [0, 0.1) is 0 Å². The van der Waals surface area contributed by atoms with E-state index in [1.54, 1.807) is 19.4 Å². The Morgan fingerprint density at radius 2 is 2.11 bits per heavy atom. The van der Waals surface area contributed by atoms with Crippen LogP contribution in [0.4, 0.5) is 17.6 Å². The molecule has 0 atom stereocenters. The van der Waals surface area contributed by atoms with E-state index >= 15 is 0 Å². The summed E-state index contributed by atoms with van der Waals surface area (Å²) in [4.78, 5) is 8.11. The summed E-state index contributed by atoms with van der Waals surface area (Å²) in [5.41, 5.74) is 5.60. The van der Waals surface area contributed by atoms with Crippen molar-refractivity contribution in [3.63, 3.8) is 0 Å². The Morgan fingerprint density at radius 3 is 2.83 bits per heavy atom. The molecule has 0 unspecified atom stereocenters. The Kier molecular flexibility index (Phi) is 3.56. The molecular weight excluding hydrogens is 232 g/mol. The van der Waals surface area contributed by atoms with Crippen LogP contribution in [-0.4, -0.2) is 31.8 Å². The van der Waals surface area contributed by atoms with Gasteiger partial charge in [-0.15, -0.1) is 10.2 Å². The highest BCUT2D eigenvalue weighted by atomic mass is 15.3. The zero-order valence-corrected chi connectivity index (χ0v) is 10.4. The van der Waals surface area contributed by atoms with Gasteiger partial charge in [0.15, 0.2) is 5.82 Å². The van der Waals surface area contributed by atoms with Gasteiger partial charge in [0.2, 0.25) is 5.95 Å². The Bertz CT molecular complexity index is 520. The first-order valence-corrected chi connectivity index (χ1v) is 5.65.